The molecule has 0 aliphatic carbocycles. The van der Waals surface area contributed by atoms with Gasteiger partial charge in [-0.05, 0) is 12.3 Å². The fourth-order valence-electron chi connectivity index (χ4n) is 2.33. The summed E-state index contributed by atoms with van der Waals surface area (Å²) in [6.07, 6.45) is 2.93. The Morgan fingerprint density at radius 3 is 2.70 bits per heavy atom. The van der Waals surface area contributed by atoms with Crippen molar-refractivity contribution >= 4 is 11.5 Å². The number of benzene rings is 1. The van der Waals surface area contributed by atoms with Crippen LogP contribution in [0.15, 0.2) is 42.6 Å². The van der Waals surface area contributed by atoms with Gasteiger partial charge in [-0.25, -0.2) is 4.98 Å². The number of nitrogens with zero attached hydrogens (tertiary/aromatic N) is 3. The Morgan fingerprint density at radius 2 is 2.00 bits per heavy atom. The molecule has 0 bridgehead atoms. The van der Waals surface area contributed by atoms with Crippen LogP contribution in [-0.2, 0) is 0 Å². The lowest BCUT2D eigenvalue weighted by molar-refractivity contribution is 0.737. The van der Waals surface area contributed by atoms with Gasteiger partial charge in [0.2, 0.25) is 0 Å². The second-order valence-electron chi connectivity index (χ2n) is 5.08. The maximum Gasteiger partial charge on any atom is 0.161 e. The molecule has 0 fully saturated rings. The third kappa shape index (κ3) is 2.03. The first-order valence-corrected chi connectivity index (χ1v) is 6.90. The van der Waals surface area contributed by atoms with Crippen LogP contribution in [0.3, 0.4) is 0 Å². The highest BCUT2D eigenvalue weighted by Gasteiger charge is 2.14. The molecule has 0 aliphatic rings. The summed E-state index contributed by atoms with van der Waals surface area (Å²) in [6, 6.07) is 12.0. The van der Waals surface area contributed by atoms with E-state index in [1.165, 1.54) is 0 Å². The van der Waals surface area contributed by atoms with Crippen molar-refractivity contribution in [3.63, 3.8) is 0 Å². The van der Waals surface area contributed by atoms with Gasteiger partial charge in [-0.2, -0.15) is 9.61 Å². The van der Waals surface area contributed by atoms with Gasteiger partial charge >= 0.3 is 0 Å². The van der Waals surface area contributed by atoms with Crippen LogP contribution in [0.5, 0.6) is 0 Å². The minimum absolute atomic E-state index is 0.422. The fourth-order valence-corrected chi connectivity index (χ4v) is 2.33. The van der Waals surface area contributed by atoms with Crippen molar-refractivity contribution in [2.75, 3.05) is 5.73 Å². The van der Waals surface area contributed by atoms with Crippen molar-refractivity contribution < 1.29 is 0 Å². The molecule has 0 amide bonds. The standard InChI is InChI=1S/C16H18N4/c1-3-11(2)13-10-18-20-15(17)9-14(19-16(13)20)12-7-5-4-6-8-12/h4-11H,3,17H2,1-2H3. The molecule has 2 N–H and O–H groups in total. The zero-order valence-corrected chi connectivity index (χ0v) is 11.7. The van der Waals surface area contributed by atoms with E-state index in [1.807, 2.05) is 42.6 Å². The molecule has 102 valence electrons. The molecule has 1 unspecified atom stereocenters. The third-order valence-electron chi connectivity index (χ3n) is 3.74. The molecule has 0 aliphatic heterocycles. The molecular weight excluding hydrogens is 248 g/mol. The molecule has 4 heteroatoms. The summed E-state index contributed by atoms with van der Waals surface area (Å²) in [6.45, 7) is 4.35. The molecule has 20 heavy (non-hydrogen) atoms. The molecule has 1 aromatic carbocycles. The van der Waals surface area contributed by atoms with Crippen molar-refractivity contribution in [1.82, 2.24) is 14.6 Å². The van der Waals surface area contributed by atoms with E-state index >= 15 is 0 Å². The van der Waals surface area contributed by atoms with E-state index in [0.29, 0.717) is 11.7 Å². The molecule has 2 heterocycles. The van der Waals surface area contributed by atoms with Gasteiger partial charge in [0.25, 0.3) is 0 Å². The first kappa shape index (κ1) is 12.7. The van der Waals surface area contributed by atoms with Crippen LogP contribution in [0, 0.1) is 0 Å². The van der Waals surface area contributed by atoms with Crippen molar-refractivity contribution in [1.29, 1.82) is 0 Å². The molecular formula is C16H18N4. The molecule has 3 aromatic rings. The molecule has 2 aromatic heterocycles. The SMILES string of the molecule is CCC(C)c1cnn2c(N)cc(-c3ccccc3)nc12. The number of rotatable bonds is 3. The Bertz CT molecular complexity index is 731. The maximum atomic E-state index is 6.11. The van der Waals surface area contributed by atoms with Gasteiger partial charge in [-0.1, -0.05) is 44.2 Å². The third-order valence-corrected chi connectivity index (χ3v) is 3.74. The zero-order chi connectivity index (χ0) is 14.1. The quantitative estimate of drug-likeness (QED) is 0.789. The summed E-state index contributed by atoms with van der Waals surface area (Å²) < 4.78 is 1.72. The van der Waals surface area contributed by atoms with Gasteiger partial charge in [0.15, 0.2) is 5.65 Å². The molecule has 1 atom stereocenters. The molecule has 4 nitrogen and oxygen atoms in total. The normalized spacial score (nSPS) is 12.7. The second kappa shape index (κ2) is 4.96. The number of hydrogen-bond donors (Lipinski definition) is 1. The largest absolute Gasteiger partial charge is 0.384 e. The Hall–Kier alpha value is -2.36. The van der Waals surface area contributed by atoms with Crippen LogP contribution in [0.4, 0.5) is 5.82 Å². The van der Waals surface area contributed by atoms with Crippen molar-refractivity contribution in [2.24, 2.45) is 0 Å². The first-order valence-electron chi connectivity index (χ1n) is 6.90. The average Bonchev–Trinajstić information content (AvgIpc) is 2.92. The molecule has 0 saturated carbocycles. The van der Waals surface area contributed by atoms with Crippen LogP contribution in [0.1, 0.15) is 31.7 Å². The number of hydrogen-bond acceptors (Lipinski definition) is 3. The zero-order valence-electron chi connectivity index (χ0n) is 11.7. The van der Waals surface area contributed by atoms with E-state index in [0.717, 1.165) is 28.9 Å². The minimum atomic E-state index is 0.422. The van der Waals surface area contributed by atoms with E-state index in [4.69, 9.17) is 10.7 Å². The van der Waals surface area contributed by atoms with Gasteiger partial charge in [-0.3, -0.25) is 0 Å². The summed E-state index contributed by atoms with van der Waals surface area (Å²) in [5.41, 5.74) is 10.1. The lowest BCUT2D eigenvalue weighted by atomic mass is 10.0. The highest BCUT2D eigenvalue weighted by Crippen LogP contribution is 2.26. The van der Waals surface area contributed by atoms with Crippen molar-refractivity contribution in [3.8, 4) is 11.3 Å². The lowest BCUT2D eigenvalue weighted by Crippen LogP contribution is -2.02. The Morgan fingerprint density at radius 1 is 1.25 bits per heavy atom. The maximum absolute atomic E-state index is 6.11. The molecule has 0 saturated heterocycles. The molecule has 3 rings (SSSR count). The summed E-state index contributed by atoms with van der Waals surface area (Å²) in [5.74, 6) is 1.04. The molecule has 0 radical (unpaired) electrons. The van der Waals surface area contributed by atoms with E-state index < -0.39 is 0 Å². The minimum Gasteiger partial charge on any atom is -0.384 e. The number of nitrogens with two attached hydrogens (primary N) is 1. The predicted octanol–water partition coefficient (Wildman–Crippen LogP) is 3.49. The first-order chi connectivity index (χ1) is 9.70. The van der Waals surface area contributed by atoms with Crippen LogP contribution >= 0.6 is 0 Å². The van der Waals surface area contributed by atoms with Crippen LogP contribution in [0.25, 0.3) is 16.9 Å². The van der Waals surface area contributed by atoms with E-state index in [-0.39, 0.29) is 0 Å². The van der Waals surface area contributed by atoms with Crippen molar-refractivity contribution in [2.45, 2.75) is 26.2 Å². The van der Waals surface area contributed by atoms with E-state index in [9.17, 15) is 0 Å². The summed E-state index contributed by atoms with van der Waals surface area (Å²) in [4.78, 5) is 4.76. The van der Waals surface area contributed by atoms with Gasteiger partial charge < -0.3 is 5.73 Å². The number of anilines is 1. The smallest absolute Gasteiger partial charge is 0.161 e. The van der Waals surface area contributed by atoms with Crippen LogP contribution < -0.4 is 5.73 Å². The molecule has 0 spiro atoms. The Balaban J connectivity index is 2.21. The number of fused-ring (bicyclic) bond motifs is 1. The van der Waals surface area contributed by atoms with Gasteiger partial charge in [0.1, 0.15) is 5.82 Å². The van der Waals surface area contributed by atoms with Crippen LogP contribution in [0.2, 0.25) is 0 Å². The van der Waals surface area contributed by atoms with E-state index in [1.54, 1.807) is 4.52 Å². The Kier molecular flexibility index (Phi) is 3.14. The summed E-state index contributed by atoms with van der Waals surface area (Å²) in [7, 11) is 0. The van der Waals surface area contributed by atoms with Gasteiger partial charge in [0.05, 0.1) is 11.9 Å². The lowest BCUT2D eigenvalue weighted by Gasteiger charge is -2.08. The number of aromatic nitrogens is 3. The fraction of sp³-hybridized carbons (Fsp3) is 0.250. The topological polar surface area (TPSA) is 56.2 Å². The number of nitrogen functional groups attached to an aromatic ring is 1. The summed E-state index contributed by atoms with van der Waals surface area (Å²) in [5, 5.41) is 4.35. The highest BCUT2D eigenvalue weighted by atomic mass is 15.3. The van der Waals surface area contributed by atoms with E-state index in [2.05, 4.69) is 18.9 Å². The predicted molar refractivity (Wildman–Crippen MR) is 81.5 cm³/mol. The Labute approximate surface area is 118 Å². The second-order valence-corrected chi connectivity index (χ2v) is 5.08. The summed E-state index contributed by atoms with van der Waals surface area (Å²) >= 11 is 0. The highest BCUT2D eigenvalue weighted by molar-refractivity contribution is 5.67. The van der Waals surface area contributed by atoms with Crippen LogP contribution in [-0.4, -0.2) is 14.6 Å². The van der Waals surface area contributed by atoms with Crippen molar-refractivity contribution in [3.05, 3.63) is 48.2 Å². The average molecular weight is 266 g/mol. The van der Waals surface area contributed by atoms with Gasteiger partial charge in [0, 0.05) is 17.2 Å². The van der Waals surface area contributed by atoms with Gasteiger partial charge in [-0.15, -0.1) is 0 Å². The monoisotopic (exact) mass is 266 g/mol.